The summed E-state index contributed by atoms with van der Waals surface area (Å²) in [6.07, 6.45) is 2.29. The van der Waals surface area contributed by atoms with Crippen LogP contribution in [0.25, 0.3) is 0 Å². The van der Waals surface area contributed by atoms with Gasteiger partial charge in [0.2, 0.25) is 5.91 Å². The molecular formula is C19H18ClN3O3S. The second-order valence-corrected chi connectivity index (χ2v) is 8.11. The second kappa shape index (κ2) is 6.98. The van der Waals surface area contributed by atoms with Gasteiger partial charge in [0, 0.05) is 22.0 Å². The number of amides is 4. The summed E-state index contributed by atoms with van der Waals surface area (Å²) in [6.45, 7) is -0.0711. The number of hydrogen-bond acceptors (Lipinski definition) is 4. The summed E-state index contributed by atoms with van der Waals surface area (Å²) in [5.74, 6) is -0.753. The number of nitrogens with zero attached hydrogens (tertiary/aromatic N) is 1. The average Bonchev–Trinajstić information content (AvgIpc) is 3.22. The second-order valence-electron chi connectivity index (χ2n) is 6.71. The lowest BCUT2D eigenvalue weighted by Gasteiger charge is -2.31. The highest BCUT2D eigenvalue weighted by molar-refractivity contribution is 7.10. The number of fused-ring (bicyclic) bond motifs is 2. The van der Waals surface area contributed by atoms with Crippen LogP contribution in [0.15, 0.2) is 35.7 Å². The SMILES string of the molecule is O=C(CN1C(=O)N[C@@]2(CCCc3sccc32)C1=O)NCc1ccccc1Cl. The fourth-order valence-corrected chi connectivity index (χ4v) is 4.92. The van der Waals surface area contributed by atoms with Crippen LogP contribution in [0.5, 0.6) is 0 Å². The number of rotatable bonds is 4. The van der Waals surface area contributed by atoms with Crippen molar-refractivity contribution in [2.75, 3.05) is 6.54 Å². The monoisotopic (exact) mass is 403 g/mol. The molecule has 0 radical (unpaired) electrons. The number of urea groups is 1. The van der Waals surface area contributed by atoms with Gasteiger partial charge in [-0.25, -0.2) is 4.79 Å². The van der Waals surface area contributed by atoms with Crippen LogP contribution < -0.4 is 10.6 Å². The summed E-state index contributed by atoms with van der Waals surface area (Å²) in [5.41, 5.74) is 0.626. The summed E-state index contributed by atoms with van der Waals surface area (Å²) < 4.78 is 0. The smallest absolute Gasteiger partial charge is 0.325 e. The first kappa shape index (κ1) is 18.0. The molecule has 1 aromatic carbocycles. The molecule has 6 nitrogen and oxygen atoms in total. The van der Waals surface area contributed by atoms with Gasteiger partial charge in [-0.05, 0) is 42.3 Å². The van der Waals surface area contributed by atoms with E-state index in [0.29, 0.717) is 11.4 Å². The van der Waals surface area contributed by atoms with Crippen LogP contribution in [0.1, 0.15) is 28.8 Å². The van der Waals surface area contributed by atoms with E-state index in [9.17, 15) is 14.4 Å². The standard InChI is InChI=1S/C19H18ClN3O3S/c20-14-5-2-1-4-12(14)10-21-16(24)11-23-17(25)19(22-18(23)26)8-3-6-15-13(19)7-9-27-15/h1-2,4-5,7,9H,3,6,8,10-11H2,(H,21,24)(H,22,26)/t19-/m1/s1. The number of carbonyl (C=O) groups is 3. The Morgan fingerprint density at radius 1 is 1.30 bits per heavy atom. The molecule has 2 N–H and O–H groups in total. The van der Waals surface area contributed by atoms with Gasteiger partial charge in [-0.15, -0.1) is 11.3 Å². The number of aryl methyl sites for hydroxylation is 1. The van der Waals surface area contributed by atoms with Crippen molar-refractivity contribution in [3.63, 3.8) is 0 Å². The Kier molecular flexibility index (Phi) is 4.65. The van der Waals surface area contributed by atoms with E-state index in [1.165, 1.54) is 0 Å². The topological polar surface area (TPSA) is 78.5 Å². The minimum atomic E-state index is -1.02. The molecule has 2 aliphatic rings. The van der Waals surface area contributed by atoms with Crippen molar-refractivity contribution < 1.29 is 14.4 Å². The molecule has 1 saturated heterocycles. The molecule has 27 heavy (non-hydrogen) atoms. The molecule has 0 unspecified atom stereocenters. The number of carbonyl (C=O) groups excluding carboxylic acids is 3. The fourth-order valence-electron chi connectivity index (χ4n) is 3.72. The molecule has 1 aliphatic carbocycles. The van der Waals surface area contributed by atoms with E-state index in [4.69, 9.17) is 11.6 Å². The first-order valence-corrected chi connectivity index (χ1v) is 9.98. The molecule has 0 bridgehead atoms. The molecular weight excluding hydrogens is 386 g/mol. The van der Waals surface area contributed by atoms with Crippen LogP contribution in [-0.4, -0.2) is 29.3 Å². The van der Waals surface area contributed by atoms with Crippen molar-refractivity contribution in [1.29, 1.82) is 0 Å². The van der Waals surface area contributed by atoms with E-state index in [1.807, 2.05) is 29.6 Å². The molecule has 2 heterocycles. The third-order valence-corrected chi connectivity index (χ3v) is 6.42. The summed E-state index contributed by atoms with van der Waals surface area (Å²) in [4.78, 5) is 40.0. The summed E-state index contributed by atoms with van der Waals surface area (Å²) in [6, 6.07) is 8.57. The molecule has 4 rings (SSSR count). The first-order chi connectivity index (χ1) is 13.0. The van der Waals surface area contributed by atoms with Gasteiger partial charge < -0.3 is 10.6 Å². The zero-order valence-corrected chi connectivity index (χ0v) is 16.0. The average molecular weight is 404 g/mol. The van der Waals surface area contributed by atoms with Crippen molar-refractivity contribution in [2.24, 2.45) is 0 Å². The van der Waals surface area contributed by atoms with E-state index in [2.05, 4.69) is 10.6 Å². The molecule has 8 heteroatoms. The summed E-state index contributed by atoms with van der Waals surface area (Å²) in [5, 5.41) is 8.06. The van der Waals surface area contributed by atoms with Crippen LogP contribution >= 0.6 is 22.9 Å². The maximum absolute atomic E-state index is 13.1. The Labute approximate surface area is 165 Å². The van der Waals surface area contributed by atoms with Gasteiger partial charge in [-0.3, -0.25) is 14.5 Å². The lowest BCUT2D eigenvalue weighted by atomic mass is 9.80. The zero-order valence-electron chi connectivity index (χ0n) is 14.5. The molecule has 4 amide bonds. The molecule has 1 aromatic heterocycles. The zero-order chi connectivity index (χ0) is 19.0. The number of halogens is 1. The van der Waals surface area contributed by atoms with E-state index in [1.54, 1.807) is 17.4 Å². The molecule has 140 valence electrons. The quantitative estimate of drug-likeness (QED) is 0.770. The van der Waals surface area contributed by atoms with Crippen LogP contribution in [0, 0.1) is 0 Å². The van der Waals surface area contributed by atoms with Crippen molar-refractivity contribution in [3.05, 3.63) is 56.7 Å². The van der Waals surface area contributed by atoms with E-state index < -0.39 is 17.5 Å². The van der Waals surface area contributed by atoms with Gasteiger partial charge >= 0.3 is 6.03 Å². The molecule has 1 fully saturated rings. The van der Waals surface area contributed by atoms with Gasteiger partial charge in [0.25, 0.3) is 5.91 Å². The van der Waals surface area contributed by atoms with Gasteiger partial charge in [-0.2, -0.15) is 0 Å². The van der Waals surface area contributed by atoms with Crippen molar-refractivity contribution >= 4 is 40.8 Å². The third kappa shape index (κ3) is 3.11. The molecule has 0 saturated carbocycles. The highest BCUT2D eigenvalue weighted by atomic mass is 35.5. The van der Waals surface area contributed by atoms with E-state index >= 15 is 0 Å². The van der Waals surface area contributed by atoms with Gasteiger partial charge in [0.15, 0.2) is 0 Å². The van der Waals surface area contributed by atoms with Crippen LogP contribution in [0.4, 0.5) is 4.79 Å². The fraction of sp³-hybridized carbons (Fsp3) is 0.316. The maximum atomic E-state index is 13.1. The Balaban J connectivity index is 1.46. The number of nitrogens with one attached hydrogen (secondary N) is 2. The molecule has 1 spiro atoms. The normalized spacial score (nSPS) is 21.3. The van der Waals surface area contributed by atoms with E-state index in [-0.39, 0.29) is 19.0 Å². The van der Waals surface area contributed by atoms with Crippen molar-refractivity contribution in [3.8, 4) is 0 Å². The van der Waals surface area contributed by atoms with Crippen molar-refractivity contribution in [1.82, 2.24) is 15.5 Å². The summed E-state index contributed by atoms with van der Waals surface area (Å²) >= 11 is 7.68. The number of hydrogen-bond donors (Lipinski definition) is 2. The van der Waals surface area contributed by atoms with Crippen LogP contribution in [0.3, 0.4) is 0 Å². The third-order valence-electron chi connectivity index (χ3n) is 5.07. The Morgan fingerprint density at radius 2 is 2.11 bits per heavy atom. The lowest BCUT2D eigenvalue weighted by molar-refractivity contribution is -0.135. The Hall–Kier alpha value is -2.38. The predicted molar refractivity (Wildman–Crippen MR) is 102 cm³/mol. The molecule has 2 aromatic rings. The lowest BCUT2D eigenvalue weighted by Crippen LogP contribution is -2.46. The first-order valence-electron chi connectivity index (χ1n) is 8.72. The Bertz CT molecular complexity index is 928. The minimum Gasteiger partial charge on any atom is -0.350 e. The van der Waals surface area contributed by atoms with Gasteiger partial charge in [0.1, 0.15) is 12.1 Å². The van der Waals surface area contributed by atoms with Crippen LogP contribution in [0.2, 0.25) is 5.02 Å². The largest absolute Gasteiger partial charge is 0.350 e. The number of thiophene rings is 1. The highest BCUT2D eigenvalue weighted by Gasteiger charge is 2.54. The van der Waals surface area contributed by atoms with Gasteiger partial charge in [-0.1, -0.05) is 29.8 Å². The number of imide groups is 1. The number of benzene rings is 1. The molecule has 1 aliphatic heterocycles. The highest BCUT2D eigenvalue weighted by Crippen LogP contribution is 2.41. The minimum absolute atomic E-state index is 0.238. The summed E-state index contributed by atoms with van der Waals surface area (Å²) in [7, 11) is 0. The van der Waals surface area contributed by atoms with E-state index in [0.717, 1.165) is 33.7 Å². The Morgan fingerprint density at radius 3 is 2.93 bits per heavy atom. The molecule has 1 atom stereocenters. The maximum Gasteiger partial charge on any atom is 0.325 e. The predicted octanol–water partition coefficient (Wildman–Crippen LogP) is 2.80. The van der Waals surface area contributed by atoms with Gasteiger partial charge in [0.05, 0.1) is 0 Å². The van der Waals surface area contributed by atoms with Crippen LogP contribution in [-0.2, 0) is 28.1 Å². The van der Waals surface area contributed by atoms with Crippen molar-refractivity contribution in [2.45, 2.75) is 31.3 Å².